The minimum absolute atomic E-state index is 0.443. The van der Waals surface area contributed by atoms with E-state index in [4.69, 9.17) is 17.3 Å². The van der Waals surface area contributed by atoms with Gasteiger partial charge in [-0.25, -0.2) is 0 Å². The first-order chi connectivity index (χ1) is 8.26. The maximum absolute atomic E-state index is 6.01. The van der Waals surface area contributed by atoms with Gasteiger partial charge in [-0.2, -0.15) is 0 Å². The summed E-state index contributed by atoms with van der Waals surface area (Å²) < 4.78 is 0. The minimum atomic E-state index is 0.443. The van der Waals surface area contributed by atoms with Crippen molar-refractivity contribution in [3.8, 4) is 0 Å². The van der Waals surface area contributed by atoms with Crippen LogP contribution in [0.1, 0.15) is 33.3 Å². The fourth-order valence-electron chi connectivity index (χ4n) is 2.88. The van der Waals surface area contributed by atoms with Gasteiger partial charge in [-0.1, -0.05) is 45.4 Å². The Bertz CT molecular complexity index is 438. The monoisotopic (exact) mass is 266 g/mol. The van der Waals surface area contributed by atoms with Gasteiger partial charge in [-0.15, -0.1) is 0 Å². The van der Waals surface area contributed by atoms with Crippen LogP contribution in [-0.2, 0) is 6.54 Å². The van der Waals surface area contributed by atoms with E-state index in [2.05, 4.69) is 33.0 Å². The molecular formula is C15H23ClN2. The molecule has 0 heterocycles. The van der Waals surface area contributed by atoms with Gasteiger partial charge in [0.25, 0.3) is 0 Å². The van der Waals surface area contributed by atoms with E-state index in [0.29, 0.717) is 21.5 Å². The molecule has 1 fully saturated rings. The lowest BCUT2D eigenvalue weighted by atomic mass is 10.0. The van der Waals surface area contributed by atoms with Gasteiger partial charge in [0.05, 0.1) is 10.7 Å². The molecule has 0 radical (unpaired) electrons. The van der Waals surface area contributed by atoms with Crippen LogP contribution >= 0.6 is 11.6 Å². The molecule has 0 aliphatic heterocycles. The molecule has 0 spiro atoms. The fraction of sp³-hybridized carbons (Fsp3) is 0.600. The first-order valence-electron chi connectivity index (χ1n) is 6.51. The third kappa shape index (κ3) is 2.24. The van der Waals surface area contributed by atoms with Crippen molar-refractivity contribution >= 4 is 17.3 Å². The number of hydrogen-bond acceptors (Lipinski definition) is 2. The molecule has 0 atom stereocenters. The first kappa shape index (κ1) is 13.7. The summed E-state index contributed by atoms with van der Waals surface area (Å²) in [4.78, 5) is 0. The van der Waals surface area contributed by atoms with E-state index >= 15 is 0 Å². The lowest BCUT2D eigenvalue weighted by molar-refractivity contribution is 0.457. The van der Waals surface area contributed by atoms with E-state index in [9.17, 15) is 0 Å². The average Bonchev–Trinajstić information content (AvgIpc) is 2.65. The Morgan fingerprint density at radius 2 is 1.83 bits per heavy atom. The summed E-state index contributed by atoms with van der Waals surface area (Å²) in [6.45, 7) is 11.3. The number of halogens is 1. The number of nitrogen functional groups attached to an aromatic ring is 1. The van der Waals surface area contributed by atoms with E-state index in [1.54, 1.807) is 0 Å². The van der Waals surface area contributed by atoms with Crippen molar-refractivity contribution in [2.24, 2.45) is 16.7 Å². The molecule has 2 rings (SSSR count). The van der Waals surface area contributed by atoms with Crippen molar-refractivity contribution in [2.45, 2.75) is 34.2 Å². The second kappa shape index (κ2) is 4.43. The highest BCUT2D eigenvalue weighted by Gasteiger charge is 2.63. The first-order valence-corrected chi connectivity index (χ1v) is 6.89. The zero-order chi connectivity index (χ0) is 13.6. The third-order valence-electron chi connectivity index (χ3n) is 5.06. The van der Waals surface area contributed by atoms with Crippen molar-refractivity contribution in [3.05, 3.63) is 28.8 Å². The molecule has 1 aliphatic rings. The summed E-state index contributed by atoms with van der Waals surface area (Å²) in [7, 11) is 0. The highest BCUT2D eigenvalue weighted by Crippen LogP contribution is 2.67. The van der Waals surface area contributed by atoms with Crippen LogP contribution in [0.25, 0.3) is 0 Å². The molecule has 0 saturated heterocycles. The lowest BCUT2D eigenvalue weighted by Crippen LogP contribution is -2.18. The second-order valence-electron chi connectivity index (χ2n) is 6.48. The Morgan fingerprint density at radius 3 is 2.33 bits per heavy atom. The molecule has 18 heavy (non-hydrogen) atoms. The quantitative estimate of drug-likeness (QED) is 0.816. The summed E-state index contributed by atoms with van der Waals surface area (Å²) in [5.41, 5.74) is 8.41. The van der Waals surface area contributed by atoms with Crippen LogP contribution in [0.4, 0.5) is 5.69 Å². The van der Waals surface area contributed by atoms with Gasteiger partial charge in [0.15, 0.2) is 0 Å². The molecule has 0 unspecified atom stereocenters. The topological polar surface area (TPSA) is 38.0 Å². The summed E-state index contributed by atoms with van der Waals surface area (Å²) in [6.07, 6.45) is 0. The number of nitrogens with two attached hydrogens (primary N) is 1. The molecule has 100 valence electrons. The van der Waals surface area contributed by atoms with Crippen LogP contribution in [0.5, 0.6) is 0 Å². The highest BCUT2D eigenvalue weighted by atomic mass is 35.5. The second-order valence-corrected chi connectivity index (χ2v) is 6.89. The van der Waals surface area contributed by atoms with Gasteiger partial charge in [0, 0.05) is 6.54 Å². The van der Waals surface area contributed by atoms with Crippen LogP contribution in [-0.4, -0.2) is 6.54 Å². The van der Waals surface area contributed by atoms with Crippen LogP contribution in [0.3, 0.4) is 0 Å². The van der Waals surface area contributed by atoms with E-state index in [1.165, 1.54) is 5.56 Å². The maximum atomic E-state index is 6.01. The molecule has 1 aromatic rings. The van der Waals surface area contributed by atoms with E-state index in [-0.39, 0.29) is 0 Å². The number of hydrogen-bond donors (Lipinski definition) is 2. The van der Waals surface area contributed by atoms with Gasteiger partial charge in [0.1, 0.15) is 0 Å². The molecule has 0 bridgehead atoms. The normalized spacial score (nSPS) is 20.9. The van der Waals surface area contributed by atoms with Crippen LogP contribution in [0, 0.1) is 16.7 Å². The Morgan fingerprint density at radius 1 is 1.22 bits per heavy atom. The summed E-state index contributed by atoms with van der Waals surface area (Å²) in [5.74, 6) is 0.745. The number of anilines is 1. The van der Waals surface area contributed by atoms with Gasteiger partial charge < -0.3 is 11.1 Å². The van der Waals surface area contributed by atoms with Crippen molar-refractivity contribution < 1.29 is 0 Å². The van der Waals surface area contributed by atoms with E-state index in [0.717, 1.165) is 19.0 Å². The average molecular weight is 267 g/mol. The minimum Gasteiger partial charge on any atom is -0.398 e. The van der Waals surface area contributed by atoms with Gasteiger partial charge in [-0.05, 0) is 41.0 Å². The Balaban J connectivity index is 1.85. The smallest absolute Gasteiger partial charge is 0.0638 e. The Kier molecular flexibility index (Phi) is 3.37. The largest absolute Gasteiger partial charge is 0.398 e. The lowest BCUT2D eigenvalue weighted by Gasteiger charge is -2.07. The van der Waals surface area contributed by atoms with Crippen molar-refractivity contribution in [2.75, 3.05) is 12.3 Å². The Hall–Kier alpha value is -0.730. The van der Waals surface area contributed by atoms with E-state index in [1.807, 2.05) is 18.2 Å². The van der Waals surface area contributed by atoms with Crippen molar-refractivity contribution in [1.29, 1.82) is 0 Å². The molecule has 1 aromatic carbocycles. The zero-order valence-corrected chi connectivity index (χ0v) is 12.4. The number of benzene rings is 1. The molecule has 0 amide bonds. The Labute approximate surface area is 115 Å². The maximum Gasteiger partial charge on any atom is 0.0638 e. The van der Waals surface area contributed by atoms with Crippen LogP contribution < -0.4 is 11.1 Å². The van der Waals surface area contributed by atoms with E-state index < -0.39 is 0 Å². The molecule has 0 aromatic heterocycles. The van der Waals surface area contributed by atoms with Crippen molar-refractivity contribution in [1.82, 2.24) is 5.32 Å². The summed E-state index contributed by atoms with van der Waals surface area (Å²) in [5, 5.41) is 4.16. The molecule has 3 heteroatoms. The molecular weight excluding hydrogens is 244 g/mol. The third-order valence-corrected chi connectivity index (χ3v) is 5.39. The molecule has 3 N–H and O–H groups in total. The van der Waals surface area contributed by atoms with Gasteiger partial charge >= 0.3 is 0 Å². The fourth-order valence-corrected chi connectivity index (χ4v) is 3.09. The predicted octanol–water partition coefficient (Wildman–Crippen LogP) is 3.69. The van der Waals surface area contributed by atoms with Crippen LogP contribution in [0.15, 0.2) is 18.2 Å². The highest BCUT2D eigenvalue weighted by molar-refractivity contribution is 6.33. The zero-order valence-electron chi connectivity index (χ0n) is 11.7. The van der Waals surface area contributed by atoms with Gasteiger partial charge in [0.2, 0.25) is 0 Å². The SMILES string of the molecule is CC1(C)C(CNCc2ccc(N)c(Cl)c2)C1(C)C. The molecule has 2 nitrogen and oxygen atoms in total. The summed E-state index contributed by atoms with van der Waals surface area (Å²) >= 11 is 6.01. The predicted molar refractivity (Wildman–Crippen MR) is 78.6 cm³/mol. The van der Waals surface area contributed by atoms with Crippen LogP contribution in [0.2, 0.25) is 5.02 Å². The standard InChI is InChI=1S/C15H23ClN2/c1-14(2)13(15(14,3)4)9-18-8-10-5-6-12(17)11(16)7-10/h5-7,13,18H,8-9,17H2,1-4H3. The molecule has 1 saturated carbocycles. The van der Waals surface area contributed by atoms with Crippen molar-refractivity contribution in [3.63, 3.8) is 0 Å². The van der Waals surface area contributed by atoms with Gasteiger partial charge in [-0.3, -0.25) is 0 Å². The number of nitrogens with one attached hydrogen (secondary N) is 1. The molecule has 1 aliphatic carbocycles. The number of rotatable bonds is 4. The summed E-state index contributed by atoms with van der Waals surface area (Å²) in [6, 6.07) is 5.83.